The lowest BCUT2D eigenvalue weighted by Crippen LogP contribution is -2.12. The number of methoxy groups -OCH3 is 1. The molecule has 4 nitrogen and oxygen atoms in total. The van der Waals surface area contributed by atoms with Gasteiger partial charge >= 0.3 is 0 Å². The normalized spacial score (nSPS) is 10.4. The number of anilines is 1. The number of benzene rings is 2. The first-order chi connectivity index (χ1) is 11.5. The maximum absolute atomic E-state index is 12.5. The van der Waals surface area contributed by atoms with Crippen LogP contribution in [0, 0.1) is 0 Å². The molecule has 7 heteroatoms. The summed E-state index contributed by atoms with van der Waals surface area (Å²) in [5, 5.41) is 3.57. The minimum Gasteiger partial charge on any atom is -0.493 e. The Morgan fingerprint density at radius 3 is 2.58 bits per heavy atom. The molecule has 1 N–H and O–H groups in total. The molecule has 0 aliphatic rings. The largest absolute Gasteiger partial charge is 0.493 e. The maximum Gasteiger partial charge on any atom is 0.255 e. The molecule has 0 unspecified atom stereocenters. The monoisotopic (exact) mass is 431 g/mol. The highest BCUT2D eigenvalue weighted by Gasteiger charge is 2.16. The standard InChI is InChI=1S/C17H16BrCl2NO3/c1-3-6-24-16-12(18)7-10(8-15(16)23-2)17(22)21-11-4-5-13(19)14(20)9-11/h4-5,7-9H,3,6H2,1-2H3,(H,21,22). The Labute approximate surface area is 159 Å². The molecule has 0 bridgehead atoms. The molecule has 0 heterocycles. The zero-order valence-electron chi connectivity index (χ0n) is 13.2. The predicted molar refractivity (Wildman–Crippen MR) is 101 cm³/mol. The molecule has 0 saturated heterocycles. The number of ether oxygens (including phenoxy) is 2. The zero-order chi connectivity index (χ0) is 17.7. The third-order valence-corrected chi connectivity index (χ3v) is 4.45. The molecule has 1 amide bonds. The summed E-state index contributed by atoms with van der Waals surface area (Å²) < 4.78 is 11.6. The van der Waals surface area contributed by atoms with Crippen molar-refractivity contribution in [3.63, 3.8) is 0 Å². The second-order valence-electron chi connectivity index (χ2n) is 4.92. The van der Waals surface area contributed by atoms with E-state index in [-0.39, 0.29) is 5.91 Å². The molecule has 0 saturated carbocycles. The Hall–Kier alpha value is -1.43. The SMILES string of the molecule is CCCOc1c(Br)cc(C(=O)Nc2ccc(Cl)c(Cl)c2)cc1OC. The summed E-state index contributed by atoms with van der Waals surface area (Å²) in [4.78, 5) is 12.5. The second kappa shape index (κ2) is 8.60. The van der Waals surface area contributed by atoms with E-state index in [1.54, 1.807) is 30.3 Å². The van der Waals surface area contributed by atoms with Crippen LogP contribution in [-0.2, 0) is 0 Å². The molecule has 2 rings (SSSR count). The minimum absolute atomic E-state index is 0.297. The van der Waals surface area contributed by atoms with Gasteiger partial charge in [-0.2, -0.15) is 0 Å². The smallest absolute Gasteiger partial charge is 0.255 e. The lowest BCUT2D eigenvalue weighted by molar-refractivity contribution is 0.102. The van der Waals surface area contributed by atoms with Crippen LogP contribution < -0.4 is 14.8 Å². The van der Waals surface area contributed by atoms with Gasteiger partial charge in [0.2, 0.25) is 0 Å². The van der Waals surface area contributed by atoms with Crippen LogP contribution in [0.5, 0.6) is 11.5 Å². The van der Waals surface area contributed by atoms with Crippen molar-refractivity contribution in [3.05, 3.63) is 50.4 Å². The van der Waals surface area contributed by atoms with Crippen molar-refractivity contribution >= 4 is 50.7 Å². The molecule has 2 aromatic carbocycles. The van der Waals surface area contributed by atoms with E-state index in [0.29, 0.717) is 43.9 Å². The van der Waals surface area contributed by atoms with Crippen LogP contribution in [-0.4, -0.2) is 19.6 Å². The van der Waals surface area contributed by atoms with Gasteiger partial charge in [-0.05, 0) is 52.7 Å². The van der Waals surface area contributed by atoms with Crippen molar-refractivity contribution in [1.82, 2.24) is 0 Å². The van der Waals surface area contributed by atoms with Crippen molar-refractivity contribution < 1.29 is 14.3 Å². The number of carbonyl (C=O) groups is 1. The van der Waals surface area contributed by atoms with Crippen molar-refractivity contribution in [2.24, 2.45) is 0 Å². The summed E-state index contributed by atoms with van der Waals surface area (Å²) in [6, 6.07) is 8.20. The first-order valence-corrected chi connectivity index (χ1v) is 8.78. The minimum atomic E-state index is -0.297. The number of nitrogens with one attached hydrogen (secondary N) is 1. The molecule has 2 aromatic rings. The zero-order valence-corrected chi connectivity index (χ0v) is 16.3. The number of amides is 1. The third-order valence-electron chi connectivity index (χ3n) is 3.12. The third kappa shape index (κ3) is 4.56. The Balaban J connectivity index is 2.25. The van der Waals surface area contributed by atoms with Gasteiger partial charge in [0, 0.05) is 11.3 Å². The van der Waals surface area contributed by atoms with E-state index in [9.17, 15) is 4.79 Å². The van der Waals surface area contributed by atoms with Gasteiger partial charge in [0.25, 0.3) is 5.91 Å². The summed E-state index contributed by atoms with van der Waals surface area (Å²) in [5.74, 6) is 0.761. The molecule has 0 fully saturated rings. The van der Waals surface area contributed by atoms with Gasteiger partial charge in [0.15, 0.2) is 11.5 Å². The van der Waals surface area contributed by atoms with Gasteiger partial charge < -0.3 is 14.8 Å². The average molecular weight is 433 g/mol. The highest BCUT2D eigenvalue weighted by atomic mass is 79.9. The van der Waals surface area contributed by atoms with Crippen LogP contribution in [0.25, 0.3) is 0 Å². The molecule has 0 aromatic heterocycles. The fourth-order valence-corrected chi connectivity index (χ4v) is 2.83. The Morgan fingerprint density at radius 2 is 1.96 bits per heavy atom. The van der Waals surface area contributed by atoms with E-state index in [2.05, 4.69) is 21.2 Å². The molecule has 0 radical (unpaired) electrons. The van der Waals surface area contributed by atoms with Crippen molar-refractivity contribution in [3.8, 4) is 11.5 Å². The Morgan fingerprint density at radius 1 is 1.21 bits per heavy atom. The summed E-state index contributed by atoms with van der Waals surface area (Å²) in [5.41, 5.74) is 0.976. The number of hydrogen-bond donors (Lipinski definition) is 1. The van der Waals surface area contributed by atoms with E-state index < -0.39 is 0 Å². The van der Waals surface area contributed by atoms with Crippen molar-refractivity contribution in [2.75, 3.05) is 19.0 Å². The first kappa shape index (κ1) is 18.9. The van der Waals surface area contributed by atoms with E-state index in [4.69, 9.17) is 32.7 Å². The summed E-state index contributed by atoms with van der Waals surface area (Å²) >= 11 is 15.3. The molecule has 0 atom stereocenters. The summed E-state index contributed by atoms with van der Waals surface area (Å²) in [7, 11) is 1.53. The van der Waals surface area contributed by atoms with Gasteiger partial charge in [-0.1, -0.05) is 30.1 Å². The average Bonchev–Trinajstić information content (AvgIpc) is 2.56. The summed E-state index contributed by atoms with van der Waals surface area (Å²) in [6.07, 6.45) is 0.870. The van der Waals surface area contributed by atoms with Crippen molar-refractivity contribution in [2.45, 2.75) is 13.3 Å². The Kier molecular flexibility index (Phi) is 6.78. The van der Waals surface area contributed by atoms with Gasteiger partial charge in [0.05, 0.1) is 28.2 Å². The number of carbonyl (C=O) groups excluding carboxylic acids is 1. The molecule has 0 spiro atoms. The van der Waals surface area contributed by atoms with E-state index in [1.165, 1.54) is 7.11 Å². The van der Waals surface area contributed by atoms with Crippen molar-refractivity contribution in [1.29, 1.82) is 0 Å². The van der Waals surface area contributed by atoms with Crippen LogP contribution >= 0.6 is 39.1 Å². The predicted octanol–water partition coefficient (Wildman–Crippen LogP) is 5.81. The van der Waals surface area contributed by atoms with Crippen LogP contribution in [0.3, 0.4) is 0 Å². The second-order valence-corrected chi connectivity index (χ2v) is 6.59. The molecule has 128 valence electrons. The van der Waals surface area contributed by atoms with Crippen LogP contribution in [0.15, 0.2) is 34.8 Å². The maximum atomic E-state index is 12.5. The number of halogens is 3. The topological polar surface area (TPSA) is 47.6 Å². The lowest BCUT2D eigenvalue weighted by atomic mass is 10.1. The van der Waals surface area contributed by atoms with E-state index >= 15 is 0 Å². The molecular formula is C17H16BrCl2NO3. The van der Waals surface area contributed by atoms with Gasteiger partial charge in [-0.15, -0.1) is 0 Å². The molecular weight excluding hydrogens is 417 g/mol. The lowest BCUT2D eigenvalue weighted by Gasteiger charge is -2.14. The first-order valence-electron chi connectivity index (χ1n) is 7.23. The summed E-state index contributed by atoms with van der Waals surface area (Å²) in [6.45, 7) is 2.57. The quantitative estimate of drug-likeness (QED) is 0.626. The highest BCUT2D eigenvalue weighted by Crippen LogP contribution is 2.37. The van der Waals surface area contributed by atoms with E-state index in [0.717, 1.165) is 6.42 Å². The van der Waals surface area contributed by atoms with Gasteiger partial charge in [-0.25, -0.2) is 0 Å². The van der Waals surface area contributed by atoms with Crippen LogP contribution in [0.4, 0.5) is 5.69 Å². The van der Waals surface area contributed by atoms with E-state index in [1.807, 2.05) is 6.92 Å². The molecule has 0 aliphatic heterocycles. The van der Waals surface area contributed by atoms with Crippen LogP contribution in [0.1, 0.15) is 23.7 Å². The Bertz CT molecular complexity index is 753. The van der Waals surface area contributed by atoms with Crippen LogP contribution in [0.2, 0.25) is 10.0 Å². The molecule has 0 aliphatic carbocycles. The fraction of sp³-hybridized carbons (Fsp3) is 0.235. The number of rotatable bonds is 6. The molecule has 24 heavy (non-hydrogen) atoms. The highest BCUT2D eigenvalue weighted by molar-refractivity contribution is 9.10. The number of hydrogen-bond acceptors (Lipinski definition) is 3. The van der Waals surface area contributed by atoms with Gasteiger partial charge in [-0.3, -0.25) is 4.79 Å². The fourth-order valence-electron chi connectivity index (χ4n) is 1.97. The van der Waals surface area contributed by atoms with Gasteiger partial charge in [0.1, 0.15) is 0 Å².